The van der Waals surface area contributed by atoms with Gasteiger partial charge in [0.25, 0.3) is 0 Å². The molecule has 1 fully saturated rings. The van der Waals surface area contributed by atoms with Gasteiger partial charge in [-0.05, 0) is 56.2 Å². The number of nitrogens with zero attached hydrogens (tertiary/aromatic N) is 1. The molecule has 2 aliphatic rings. The van der Waals surface area contributed by atoms with Crippen molar-refractivity contribution in [1.82, 2.24) is 4.90 Å². The van der Waals surface area contributed by atoms with Crippen LogP contribution in [0.3, 0.4) is 0 Å². The largest absolute Gasteiger partial charge is 0.389 e. The number of β-amino-alcohol motifs (C(OH)–C–C–N with tert-alkyl or cyclic N) is 1. The van der Waals surface area contributed by atoms with Gasteiger partial charge in [0.2, 0.25) is 0 Å². The van der Waals surface area contributed by atoms with Gasteiger partial charge in [0, 0.05) is 12.6 Å². The Morgan fingerprint density at radius 3 is 2.96 bits per heavy atom. The monoisotopic (exact) mass is 317 g/mol. The normalized spacial score (nSPS) is 26.7. The number of rotatable bonds is 6. The maximum Gasteiger partial charge on any atom is 0.0900 e. The molecule has 0 saturated carbocycles. The molecule has 1 aliphatic carbocycles. The molecule has 128 valence electrons. The van der Waals surface area contributed by atoms with Crippen molar-refractivity contribution in [3.63, 3.8) is 0 Å². The van der Waals surface area contributed by atoms with Crippen LogP contribution in [0.1, 0.15) is 62.7 Å². The van der Waals surface area contributed by atoms with Crippen LogP contribution < -0.4 is 0 Å². The molecule has 0 spiro atoms. The highest BCUT2D eigenvalue weighted by molar-refractivity contribution is 5.31. The molecule has 0 aromatic heterocycles. The number of ether oxygens (including phenoxy) is 1. The second-order valence-corrected chi connectivity index (χ2v) is 7.12. The SMILES string of the molecule is CC[C@H]1CCCCN1C[C@H](O)CO[C@@H]1CCCc2ccccc21. The summed E-state index contributed by atoms with van der Waals surface area (Å²) in [5.74, 6) is 0. The van der Waals surface area contributed by atoms with Gasteiger partial charge in [-0.2, -0.15) is 0 Å². The van der Waals surface area contributed by atoms with Crippen molar-refractivity contribution in [2.75, 3.05) is 19.7 Å². The van der Waals surface area contributed by atoms with E-state index >= 15 is 0 Å². The Morgan fingerprint density at radius 1 is 1.22 bits per heavy atom. The van der Waals surface area contributed by atoms with E-state index in [1.165, 1.54) is 43.2 Å². The summed E-state index contributed by atoms with van der Waals surface area (Å²) in [4.78, 5) is 2.46. The first kappa shape index (κ1) is 16.9. The molecule has 1 saturated heterocycles. The van der Waals surface area contributed by atoms with Crippen LogP contribution in [-0.4, -0.2) is 41.8 Å². The summed E-state index contributed by atoms with van der Waals surface area (Å²) in [7, 11) is 0. The number of hydrogen-bond donors (Lipinski definition) is 1. The lowest BCUT2D eigenvalue weighted by molar-refractivity contribution is -0.0356. The van der Waals surface area contributed by atoms with Crippen LogP contribution in [0.15, 0.2) is 24.3 Å². The molecule has 0 bridgehead atoms. The van der Waals surface area contributed by atoms with Gasteiger partial charge in [0.1, 0.15) is 0 Å². The average Bonchev–Trinajstić information content (AvgIpc) is 2.60. The highest BCUT2D eigenvalue weighted by Crippen LogP contribution is 2.32. The van der Waals surface area contributed by atoms with Gasteiger partial charge in [-0.1, -0.05) is 37.6 Å². The summed E-state index contributed by atoms with van der Waals surface area (Å²) in [6.45, 7) is 4.59. The summed E-state index contributed by atoms with van der Waals surface area (Å²) in [6.07, 6.45) is 8.26. The molecule has 3 nitrogen and oxygen atoms in total. The number of benzene rings is 1. The Labute approximate surface area is 140 Å². The molecule has 1 aliphatic heterocycles. The number of fused-ring (bicyclic) bond motifs is 1. The minimum absolute atomic E-state index is 0.165. The van der Waals surface area contributed by atoms with E-state index in [1.807, 2.05) is 0 Å². The van der Waals surface area contributed by atoms with Gasteiger partial charge in [-0.3, -0.25) is 4.90 Å². The molecule has 1 aromatic rings. The van der Waals surface area contributed by atoms with Crippen molar-refractivity contribution in [3.05, 3.63) is 35.4 Å². The number of piperidine rings is 1. The van der Waals surface area contributed by atoms with Crippen molar-refractivity contribution in [1.29, 1.82) is 0 Å². The summed E-state index contributed by atoms with van der Waals surface area (Å²) >= 11 is 0. The smallest absolute Gasteiger partial charge is 0.0900 e. The fraction of sp³-hybridized carbons (Fsp3) is 0.700. The standard InChI is InChI=1S/C20H31NO2/c1-2-17-10-5-6-13-21(17)14-18(22)15-23-20-12-7-9-16-8-3-4-11-19(16)20/h3-4,8,11,17-18,20,22H,2,5-7,9-10,12-15H2,1H3/t17-,18-,20+/m0/s1. The van der Waals surface area contributed by atoms with E-state index in [-0.39, 0.29) is 12.2 Å². The highest BCUT2D eigenvalue weighted by Gasteiger charge is 2.25. The second-order valence-electron chi connectivity index (χ2n) is 7.12. The summed E-state index contributed by atoms with van der Waals surface area (Å²) < 4.78 is 6.10. The fourth-order valence-electron chi connectivity index (χ4n) is 4.20. The van der Waals surface area contributed by atoms with Crippen LogP contribution in [0.5, 0.6) is 0 Å². The lowest BCUT2D eigenvalue weighted by Crippen LogP contribution is -2.44. The molecule has 3 atom stereocenters. The van der Waals surface area contributed by atoms with E-state index in [4.69, 9.17) is 4.74 Å². The molecule has 0 unspecified atom stereocenters. The van der Waals surface area contributed by atoms with E-state index in [0.29, 0.717) is 12.6 Å². The summed E-state index contributed by atoms with van der Waals surface area (Å²) in [5.41, 5.74) is 2.75. The van der Waals surface area contributed by atoms with Gasteiger partial charge in [-0.15, -0.1) is 0 Å². The third kappa shape index (κ3) is 4.34. The first-order valence-electron chi connectivity index (χ1n) is 9.39. The van der Waals surface area contributed by atoms with Crippen molar-refractivity contribution in [2.45, 2.75) is 70.1 Å². The van der Waals surface area contributed by atoms with E-state index in [9.17, 15) is 5.11 Å². The Kier molecular flexibility index (Phi) is 6.09. The average molecular weight is 317 g/mol. The zero-order valence-corrected chi connectivity index (χ0v) is 14.4. The zero-order valence-electron chi connectivity index (χ0n) is 14.4. The number of hydrogen-bond acceptors (Lipinski definition) is 3. The molecule has 0 radical (unpaired) electrons. The van der Waals surface area contributed by atoms with E-state index in [0.717, 1.165) is 25.9 Å². The number of likely N-dealkylation sites (tertiary alicyclic amines) is 1. The number of aryl methyl sites for hydroxylation is 1. The second kappa shape index (κ2) is 8.27. The van der Waals surface area contributed by atoms with E-state index in [1.54, 1.807) is 0 Å². The van der Waals surface area contributed by atoms with Gasteiger partial charge in [0.15, 0.2) is 0 Å². The minimum atomic E-state index is -0.378. The lowest BCUT2D eigenvalue weighted by Gasteiger charge is -2.36. The molecule has 23 heavy (non-hydrogen) atoms. The maximum absolute atomic E-state index is 10.4. The van der Waals surface area contributed by atoms with Crippen LogP contribution in [0.25, 0.3) is 0 Å². The van der Waals surface area contributed by atoms with Gasteiger partial charge in [0.05, 0.1) is 18.8 Å². The van der Waals surface area contributed by atoms with Crippen molar-refractivity contribution >= 4 is 0 Å². The molecule has 0 amide bonds. The Bertz CT molecular complexity index is 490. The van der Waals surface area contributed by atoms with Crippen LogP contribution in [0.2, 0.25) is 0 Å². The number of aliphatic hydroxyl groups is 1. The van der Waals surface area contributed by atoms with Gasteiger partial charge < -0.3 is 9.84 Å². The Balaban J connectivity index is 1.50. The summed E-state index contributed by atoms with van der Waals surface area (Å²) in [5, 5.41) is 10.4. The third-order valence-corrected chi connectivity index (χ3v) is 5.47. The maximum atomic E-state index is 10.4. The van der Waals surface area contributed by atoms with Crippen LogP contribution in [0, 0.1) is 0 Å². The first-order valence-corrected chi connectivity index (χ1v) is 9.39. The Morgan fingerprint density at radius 2 is 2.09 bits per heavy atom. The van der Waals surface area contributed by atoms with Crippen LogP contribution in [0.4, 0.5) is 0 Å². The van der Waals surface area contributed by atoms with Crippen molar-refractivity contribution in [3.8, 4) is 0 Å². The molecule has 1 heterocycles. The molecular weight excluding hydrogens is 286 g/mol. The fourth-order valence-corrected chi connectivity index (χ4v) is 4.20. The van der Waals surface area contributed by atoms with Crippen LogP contribution >= 0.6 is 0 Å². The predicted octanol–water partition coefficient (Wildman–Crippen LogP) is 3.71. The van der Waals surface area contributed by atoms with E-state index < -0.39 is 0 Å². The first-order chi connectivity index (χ1) is 11.3. The molecule has 1 aromatic carbocycles. The third-order valence-electron chi connectivity index (χ3n) is 5.47. The molecular formula is C20H31NO2. The van der Waals surface area contributed by atoms with E-state index in [2.05, 4.69) is 36.1 Å². The van der Waals surface area contributed by atoms with Crippen molar-refractivity contribution < 1.29 is 9.84 Å². The van der Waals surface area contributed by atoms with Gasteiger partial charge in [-0.25, -0.2) is 0 Å². The molecule has 3 heteroatoms. The predicted molar refractivity (Wildman–Crippen MR) is 93.6 cm³/mol. The topological polar surface area (TPSA) is 32.7 Å². The highest BCUT2D eigenvalue weighted by atomic mass is 16.5. The van der Waals surface area contributed by atoms with Crippen LogP contribution in [-0.2, 0) is 11.2 Å². The minimum Gasteiger partial charge on any atom is -0.389 e. The Hall–Kier alpha value is -0.900. The number of aliphatic hydroxyl groups excluding tert-OH is 1. The molecule has 1 N–H and O–H groups in total. The van der Waals surface area contributed by atoms with Gasteiger partial charge >= 0.3 is 0 Å². The van der Waals surface area contributed by atoms with Crippen molar-refractivity contribution in [2.24, 2.45) is 0 Å². The zero-order chi connectivity index (χ0) is 16.1. The lowest BCUT2D eigenvalue weighted by atomic mass is 9.89. The quantitative estimate of drug-likeness (QED) is 0.868. The summed E-state index contributed by atoms with van der Waals surface area (Å²) in [6, 6.07) is 9.24. The molecule has 3 rings (SSSR count).